The highest BCUT2D eigenvalue weighted by Gasteiger charge is 2.21. The minimum atomic E-state index is -0.0615. The normalized spacial score (nSPS) is 10.8. The van der Waals surface area contributed by atoms with E-state index in [1.807, 2.05) is 33.0 Å². The molecule has 106 valence electrons. The molecular weight excluding hydrogens is 320 g/mol. The Morgan fingerprint density at radius 2 is 2.20 bits per heavy atom. The van der Waals surface area contributed by atoms with Crippen molar-refractivity contribution in [1.29, 1.82) is 0 Å². The van der Waals surface area contributed by atoms with Gasteiger partial charge in [-0.2, -0.15) is 0 Å². The summed E-state index contributed by atoms with van der Waals surface area (Å²) in [6.45, 7) is 4.53. The highest BCUT2D eigenvalue weighted by Crippen LogP contribution is 2.14. The first-order chi connectivity index (χ1) is 9.47. The second kappa shape index (κ2) is 6.17. The predicted molar refractivity (Wildman–Crippen MR) is 80.2 cm³/mol. The van der Waals surface area contributed by atoms with Crippen molar-refractivity contribution in [1.82, 2.24) is 19.4 Å². The maximum Gasteiger partial charge on any atom is 0.274 e. The molecule has 6 heteroatoms. The van der Waals surface area contributed by atoms with Gasteiger partial charge in [0, 0.05) is 32.0 Å². The molecule has 0 unspecified atom stereocenters. The third-order valence-corrected chi connectivity index (χ3v) is 3.39. The predicted octanol–water partition coefficient (Wildman–Crippen LogP) is 2.63. The van der Waals surface area contributed by atoms with E-state index in [1.165, 1.54) is 0 Å². The van der Waals surface area contributed by atoms with Gasteiger partial charge in [0.1, 0.15) is 10.3 Å². The number of hydrogen-bond acceptors (Lipinski definition) is 3. The van der Waals surface area contributed by atoms with Crippen LogP contribution in [0.1, 0.15) is 29.9 Å². The Balaban J connectivity index is 2.21. The van der Waals surface area contributed by atoms with Crippen molar-refractivity contribution in [3.05, 3.63) is 46.7 Å². The van der Waals surface area contributed by atoms with Gasteiger partial charge in [-0.15, -0.1) is 0 Å². The summed E-state index contributed by atoms with van der Waals surface area (Å²) in [5.74, 6) is -0.0615. The van der Waals surface area contributed by atoms with Crippen LogP contribution >= 0.6 is 15.9 Å². The first kappa shape index (κ1) is 14.7. The zero-order valence-electron chi connectivity index (χ0n) is 11.7. The number of rotatable bonds is 4. The fourth-order valence-electron chi connectivity index (χ4n) is 1.90. The molecule has 0 atom stereocenters. The zero-order valence-corrected chi connectivity index (χ0v) is 13.3. The summed E-state index contributed by atoms with van der Waals surface area (Å²) in [5.41, 5.74) is 1.50. The number of amides is 1. The van der Waals surface area contributed by atoms with Crippen LogP contribution in [0.5, 0.6) is 0 Å². The Morgan fingerprint density at radius 3 is 2.75 bits per heavy atom. The van der Waals surface area contributed by atoms with Gasteiger partial charge in [0.25, 0.3) is 5.91 Å². The molecule has 0 spiro atoms. The van der Waals surface area contributed by atoms with E-state index in [0.717, 1.165) is 10.2 Å². The number of nitrogens with zero attached hydrogens (tertiary/aromatic N) is 4. The fraction of sp³-hybridized carbons (Fsp3) is 0.357. The number of pyridine rings is 1. The third kappa shape index (κ3) is 3.45. The monoisotopic (exact) mass is 336 g/mol. The molecule has 2 aromatic heterocycles. The van der Waals surface area contributed by atoms with Gasteiger partial charge >= 0.3 is 0 Å². The van der Waals surface area contributed by atoms with Gasteiger partial charge in [-0.05, 0) is 47.5 Å². The Morgan fingerprint density at radius 1 is 1.45 bits per heavy atom. The average molecular weight is 337 g/mol. The van der Waals surface area contributed by atoms with Gasteiger partial charge in [0.15, 0.2) is 0 Å². The van der Waals surface area contributed by atoms with Crippen LogP contribution in [0.25, 0.3) is 0 Å². The summed E-state index contributed by atoms with van der Waals surface area (Å²) >= 11 is 3.34. The van der Waals surface area contributed by atoms with Crippen molar-refractivity contribution in [3.8, 4) is 0 Å². The number of aromatic nitrogens is 3. The van der Waals surface area contributed by atoms with Crippen molar-refractivity contribution in [2.75, 3.05) is 0 Å². The Kier molecular flexibility index (Phi) is 4.54. The highest BCUT2D eigenvalue weighted by molar-refractivity contribution is 9.10. The van der Waals surface area contributed by atoms with Gasteiger partial charge in [0.05, 0.1) is 6.33 Å². The van der Waals surface area contributed by atoms with Gasteiger partial charge in [-0.25, -0.2) is 9.97 Å². The minimum absolute atomic E-state index is 0.0615. The van der Waals surface area contributed by atoms with E-state index in [9.17, 15) is 4.79 Å². The maximum absolute atomic E-state index is 12.5. The molecule has 2 aromatic rings. The Labute approximate surface area is 126 Å². The first-order valence-corrected chi connectivity index (χ1v) is 7.16. The fourth-order valence-corrected chi connectivity index (χ4v) is 2.31. The molecule has 0 radical (unpaired) electrons. The summed E-state index contributed by atoms with van der Waals surface area (Å²) < 4.78 is 2.54. The summed E-state index contributed by atoms with van der Waals surface area (Å²) in [4.78, 5) is 22.5. The van der Waals surface area contributed by atoms with Crippen molar-refractivity contribution in [2.24, 2.45) is 7.05 Å². The second-order valence-corrected chi connectivity index (χ2v) is 5.75. The van der Waals surface area contributed by atoms with Crippen LogP contribution in [0.15, 0.2) is 35.5 Å². The van der Waals surface area contributed by atoms with Crippen LogP contribution in [0.2, 0.25) is 0 Å². The molecule has 5 nitrogen and oxygen atoms in total. The molecule has 0 aliphatic rings. The van der Waals surface area contributed by atoms with E-state index in [-0.39, 0.29) is 11.9 Å². The molecular formula is C14H17BrN4O. The summed E-state index contributed by atoms with van der Waals surface area (Å²) in [5, 5.41) is 0. The first-order valence-electron chi connectivity index (χ1n) is 6.36. The van der Waals surface area contributed by atoms with Crippen molar-refractivity contribution in [3.63, 3.8) is 0 Å². The topological polar surface area (TPSA) is 51.0 Å². The second-order valence-electron chi connectivity index (χ2n) is 4.94. The number of aryl methyl sites for hydroxylation is 1. The Hall–Kier alpha value is -1.69. The van der Waals surface area contributed by atoms with Crippen LogP contribution in [-0.2, 0) is 13.6 Å². The summed E-state index contributed by atoms with van der Waals surface area (Å²) in [7, 11) is 1.85. The molecule has 0 fully saturated rings. The van der Waals surface area contributed by atoms with Crippen LogP contribution in [0.3, 0.4) is 0 Å². The number of carbonyl (C=O) groups excluding carboxylic acids is 1. The van der Waals surface area contributed by atoms with Crippen molar-refractivity contribution >= 4 is 21.8 Å². The lowest BCUT2D eigenvalue weighted by Gasteiger charge is -2.26. The molecule has 0 aliphatic carbocycles. The molecule has 20 heavy (non-hydrogen) atoms. The molecule has 1 amide bonds. The van der Waals surface area contributed by atoms with Crippen molar-refractivity contribution < 1.29 is 4.79 Å². The van der Waals surface area contributed by atoms with E-state index in [1.54, 1.807) is 28.2 Å². The molecule has 0 saturated heterocycles. The molecule has 2 rings (SSSR count). The maximum atomic E-state index is 12.5. The molecule has 2 heterocycles. The average Bonchev–Trinajstić information content (AvgIpc) is 2.82. The lowest BCUT2D eigenvalue weighted by molar-refractivity contribution is 0.0684. The van der Waals surface area contributed by atoms with Gasteiger partial charge in [-0.3, -0.25) is 4.79 Å². The quantitative estimate of drug-likeness (QED) is 0.806. The van der Waals surface area contributed by atoms with Gasteiger partial charge in [-0.1, -0.05) is 0 Å². The summed E-state index contributed by atoms with van der Waals surface area (Å²) in [6.07, 6.45) is 5.10. The number of imidazole rings is 1. The van der Waals surface area contributed by atoms with Crippen LogP contribution < -0.4 is 0 Å². The van der Waals surface area contributed by atoms with E-state index in [4.69, 9.17) is 0 Å². The van der Waals surface area contributed by atoms with E-state index in [2.05, 4.69) is 25.9 Å². The molecule has 0 bridgehead atoms. The lowest BCUT2D eigenvalue weighted by Crippen LogP contribution is -2.36. The number of halogens is 1. The van der Waals surface area contributed by atoms with Crippen LogP contribution in [0, 0.1) is 0 Å². The minimum Gasteiger partial charge on any atom is -0.340 e. The van der Waals surface area contributed by atoms with Crippen LogP contribution in [0.4, 0.5) is 0 Å². The molecule has 0 aromatic carbocycles. The third-order valence-electron chi connectivity index (χ3n) is 2.95. The Bertz CT molecular complexity index is 609. The van der Waals surface area contributed by atoms with E-state index >= 15 is 0 Å². The molecule has 0 saturated carbocycles. The van der Waals surface area contributed by atoms with E-state index in [0.29, 0.717) is 12.2 Å². The highest BCUT2D eigenvalue weighted by atomic mass is 79.9. The van der Waals surface area contributed by atoms with Crippen molar-refractivity contribution in [2.45, 2.75) is 26.4 Å². The lowest BCUT2D eigenvalue weighted by atomic mass is 10.2. The molecule has 0 aliphatic heterocycles. The van der Waals surface area contributed by atoms with Crippen LogP contribution in [-0.4, -0.2) is 31.4 Å². The zero-order chi connectivity index (χ0) is 14.7. The smallest absolute Gasteiger partial charge is 0.274 e. The standard InChI is InChI=1S/C14H17BrN4O/c1-10(2)19(7-11-4-5-16-13(15)6-11)14(20)12-8-18(3)9-17-12/h4-6,8-10H,7H2,1-3H3. The number of carbonyl (C=O) groups is 1. The van der Waals surface area contributed by atoms with Gasteiger partial charge in [0.2, 0.25) is 0 Å². The SMILES string of the molecule is CC(C)N(Cc1ccnc(Br)c1)C(=O)c1cn(C)cn1. The molecule has 0 N–H and O–H groups in total. The summed E-state index contributed by atoms with van der Waals surface area (Å²) in [6, 6.07) is 3.92. The van der Waals surface area contributed by atoms with Gasteiger partial charge < -0.3 is 9.47 Å². The largest absolute Gasteiger partial charge is 0.340 e. The van der Waals surface area contributed by atoms with E-state index < -0.39 is 0 Å². The number of hydrogen-bond donors (Lipinski definition) is 0.